The van der Waals surface area contributed by atoms with Crippen LogP contribution in [0.15, 0.2) is 57.3 Å². The minimum absolute atomic E-state index is 0.236. The van der Waals surface area contributed by atoms with Crippen molar-refractivity contribution >= 4 is 51.4 Å². The number of halogens is 1. The maximum atomic E-state index is 13.1. The zero-order chi connectivity index (χ0) is 24.4. The van der Waals surface area contributed by atoms with Crippen LogP contribution in [-0.2, 0) is 0 Å². The number of nitrogens with two attached hydrogens (primary N) is 1. The number of H-pyrrole nitrogens is 1. The molecule has 1 amide bonds. The topological polar surface area (TPSA) is 109 Å². The maximum Gasteiger partial charge on any atom is 0.275 e. The van der Waals surface area contributed by atoms with Crippen molar-refractivity contribution in [3.8, 4) is 5.75 Å². The van der Waals surface area contributed by atoms with Gasteiger partial charge in [0, 0.05) is 37.5 Å². The number of nitrogens with zero attached hydrogens (tertiary/aromatic N) is 3. The zero-order valence-corrected chi connectivity index (χ0v) is 20.7. The van der Waals surface area contributed by atoms with Gasteiger partial charge in [0.25, 0.3) is 5.91 Å². The summed E-state index contributed by atoms with van der Waals surface area (Å²) in [5.74, 6) is 0.162. The Kier molecular flexibility index (Phi) is 6.89. The first kappa shape index (κ1) is 23.6. The molecule has 0 saturated carbocycles. The molecule has 1 atom stereocenters. The molecule has 0 aliphatic carbocycles. The van der Waals surface area contributed by atoms with Crippen LogP contribution < -0.4 is 20.7 Å². The van der Waals surface area contributed by atoms with Crippen LogP contribution in [0.2, 0.25) is 0 Å². The summed E-state index contributed by atoms with van der Waals surface area (Å²) < 4.78 is 18.9. The number of fused-ring (bicyclic) bond motifs is 1. The van der Waals surface area contributed by atoms with E-state index in [2.05, 4.69) is 25.2 Å². The number of imidazole rings is 1. The summed E-state index contributed by atoms with van der Waals surface area (Å²) in [6.07, 6.45) is 0.467. The van der Waals surface area contributed by atoms with E-state index < -0.39 is 6.36 Å². The maximum absolute atomic E-state index is 13.1. The Bertz CT molecular complexity index is 1330. The van der Waals surface area contributed by atoms with Crippen molar-refractivity contribution in [3.63, 3.8) is 0 Å². The number of nitrogens with one attached hydrogen (secondary N) is 2. The summed E-state index contributed by atoms with van der Waals surface area (Å²) in [6.45, 7) is 3.06. The third-order valence-corrected chi connectivity index (χ3v) is 7.49. The van der Waals surface area contributed by atoms with Gasteiger partial charge in [0.05, 0.1) is 22.4 Å². The van der Waals surface area contributed by atoms with Crippen LogP contribution >= 0.6 is 23.1 Å². The number of aromatic nitrogens is 3. The summed E-state index contributed by atoms with van der Waals surface area (Å²) in [5, 5.41) is 5.37. The van der Waals surface area contributed by atoms with Gasteiger partial charge in [-0.2, -0.15) is 0 Å². The molecule has 0 radical (unpaired) electrons. The molecule has 1 unspecified atom stereocenters. The molecule has 182 valence electrons. The number of hydrogen-bond donors (Lipinski definition) is 3. The Morgan fingerprint density at radius 2 is 2.09 bits per heavy atom. The Morgan fingerprint density at radius 3 is 2.89 bits per heavy atom. The first-order valence-electron chi connectivity index (χ1n) is 11.3. The second kappa shape index (κ2) is 10.2. The van der Waals surface area contributed by atoms with E-state index in [-0.39, 0.29) is 11.9 Å². The molecule has 1 fully saturated rings. The molecule has 0 bridgehead atoms. The number of thiazole rings is 1. The van der Waals surface area contributed by atoms with Gasteiger partial charge in [-0.05, 0) is 48.9 Å². The highest BCUT2D eigenvalue weighted by Gasteiger charge is 2.20. The Hall–Kier alpha value is -3.15. The van der Waals surface area contributed by atoms with Crippen molar-refractivity contribution in [3.05, 3.63) is 53.5 Å². The van der Waals surface area contributed by atoms with Gasteiger partial charge < -0.3 is 25.7 Å². The van der Waals surface area contributed by atoms with E-state index in [4.69, 9.17) is 10.5 Å². The first-order valence-corrected chi connectivity index (χ1v) is 13.0. The van der Waals surface area contributed by atoms with Gasteiger partial charge in [-0.1, -0.05) is 12.1 Å². The van der Waals surface area contributed by atoms with Crippen LogP contribution in [0.1, 0.15) is 30.3 Å². The van der Waals surface area contributed by atoms with Crippen molar-refractivity contribution in [2.75, 3.05) is 23.3 Å². The molecule has 8 nitrogen and oxygen atoms in total. The molecule has 3 heterocycles. The van der Waals surface area contributed by atoms with E-state index in [1.807, 2.05) is 24.3 Å². The zero-order valence-electron chi connectivity index (χ0n) is 19.0. The number of benzene rings is 2. The Balaban J connectivity index is 1.27. The van der Waals surface area contributed by atoms with Gasteiger partial charge >= 0.3 is 0 Å². The van der Waals surface area contributed by atoms with Gasteiger partial charge in [0.15, 0.2) is 9.50 Å². The third kappa shape index (κ3) is 5.58. The molecular formula is C24H25FN6O2S2. The molecule has 35 heavy (non-hydrogen) atoms. The van der Waals surface area contributed by atoms with Crippen LogP contribution in [0.25, 0.3) is 11.0 Å². The average Bonchev–Trinajstić information content (AvgIpc) is 3.46. The lowest BCUT2D eigenvalue weighted by Crippen LogP contribution is -2.40. The second-order valence-corrected chi connectivity index (χ2v) is 10.4. The van der Waals surface area contributed by atoms with Gasteiger partial charge in [-0.25, -0.2) is 14.4 Å². The molecule has 1 aliphatic heterocycles. The predicted molar refractivity (Wildman–Crippen MR) is 137 cm³/mol. The number of hydrogen-bond acceptors (Lipinski definition) is 8. The van der Waals surface area contributed by atoms with E-state index in [1.165, 1.54) is 30.0 Å². The summed E-state index contributed by atoms with van der Waals surface area (Å²) >= 11 is 2.70. The first-order chi connectivity index (χ1) is 16.9. The Labute approximate surface area is 210 Å². The van der Waals surface area contributed by atoms with E-state index >= 15 is 0 Å². The number of ether oxygens (including phenoxy) is 1. The molecule has 4 aromatic rings. The van der Waals surface area contributed by atoms with Crippen LogP contribution in [0.5, 0.6) is 5.75 Å². The molecule has 1 aliphatic rings. The monoisotopic (exact) mass is 512 g/mol. The van der Waals surface area contributed by atoms with Gasteiger partial charge in [-0.3, -0.25) is 4.79 Å². The standard InChI is InChI=1S/C24H25FN6O2S2/c1-14(25)33-16-6-7-17-19(12-16)29-23(28-17)35-24-30-20(13-34-24)22(32)27-18-4-2-3-5-21(18)31-10-8-15(26)9-11-31/h2-7,12-15H,8-11,26H2,1H3,(H,27,32)(H,28,29). The van der Waals surface area contributed by atoms with Crippen molar-refractivity contribution in [2.45, 2.75) is 41.7 Å². The van der Waals surface area contributed by atoms with Crippen molar-refractivity contribution in [2.24, 2.45) is 5.73 Å². The predicted octanol–water partition coefficient (Wildman–Crippen LogP) is 5.04. The van der Waals surface area contributed by atoms with Gasteiger partial charge in [0.1, 0.15) is 11.4 Å². The second-order valence-electron chi connectivity index (χ2n) is 8.28. The Morgan fingerprint density at radius 1 is 1.29 bits per heavy atom. The normalized spacial score (nSPS) is 15.3. The van der Waals surface area contributed by atoms with Gasteiger partial charge in [0.2, 0.25) is 6.36 Å². The molecular weight excluding hydrogens is 487 g/mol. The molecule has 2 aromatic carbocycles. The molecule has 4 N–H and O–H groups in total. The number of anilines is 2. The minimum atomic E-state index is -1.39. The van der Waals surface area contributed by atoms with E-state index in [0.717, 1.165) is 48.3 Å². The number of carbonyl (C=O) groups excluding carboxylic acids is 1. The lowest BCUT2D eigenvalue weighted by atomic mass is 10.0. The van der Waals surface area contributed by atoms with Gasteiger partial charge in [-0.15, -0.1) is 11.3 Å². The number of amides is 1. The fraction of sp³-hybridized carbons (Fsp3) is 0.292. The van der Waals surface area contributed by atoms with Crippen LogP contribution in [-0.4, -0.2) is 46.3 Å². The highest BCUT2D eigenvalue weighted by atomic mass is 32.2. The van der Waals surface area contributed by atoms with Crippen molar-refractivity contribution in [1.29, 1.82) is 0 Å². The number of piperidine rings is 1. The van der Waals surface area contributed by atoms with Crippen LogP contribution in [0, 0.1) is 0 Å². The fourth-order valence-corrected chi connectivity index (χ4v) is 5.66. The largest absolute Gasteiger partial charge is 0.461 e. The highest BCUT2D eigenvalue weighted by Crippen LogP contribution is 2.32. The van der Waals surface area contributed by atoms with Crippen molar-refractivity contribution in [1.82, 2.24) is 15.0 Å². The molecule has 2 aromatic heterocycles. The molecule has 5 rings (SSSR count). The van der Waals surface area contributed by atoms with E-state index in [1.54, 1.807) is 23.6 Å². The third-order valence-electron chi connectivity index (χ3n) is 5.66. The molecule has 11 heteroatoms. The highest BCUT2D eigenvalue weighted by molar-refractivity contribution is 8.00. The van der Waals surface area contributed by atoms with E-state index in [9.17, 15) is 9.18 Å². The average molecular weight is 513 g/mol. The summed E-state index contributed by atoms with van der Waals surface area (Å²) in [4.78, 5) is 27.4. The number of rotatable bonds is 7. The van der Waals surface area contributed by atoms with Crippen LogP contribution in [0.4, 0.5) is 15.8 Å². The number of alkyl halides is 1. The van der Waals surface area contributed by atoms with Crippen molar-refractivity contribution < 1.29 is 13.9 Å². The summed E-state index contributed by atoms with van der Waals surface area (Å²) in [7, 11) is 0. The quantitative estimate of drug-likeness (QED) is 0.318. The smallest absolute Gasteiger partial charge is 0.275 e. The SMILES string of the molecule is CC(F)Oc1ccc2nc(Sc3nc(C(=O)Nc4ccccc4N4CCC(N)CC4)cs3)[nH]c2c1. The lowest BCUT2D eigenvalue weighted by Gasteiger charge is -2.33. The number of aromatic amines is 1. The fourth-order valence-electron chi connectivity index (χ4n) is 3.95. The molecule has 0 spiro atoms. The number of carbonyl (C=O) groups is 1. The summed E-state index contributed by atoms with van der Waals surface area (Å²) in [5.41, 5.74) is 9.60. The lowest BCUT2D eigenvalue weighted by molar-refractivity contribution is 0.0862. The summed E-state index contributed by atoms with van der Waals surface area (Å²) in [6, 6.07) is 13.2. The minimum Gasteiger partial charge on any atom is -0.461 e. The van der Waals surface area contributed by atoms with Crippen LogP contribution in [0.3, 0.4) is 0 Å². The molecule has 1 saturated heterocycles. The number of para-hydroxylation sites is 2. The van der Waals surface area contributed by atoms with E-state index in [0.29, 0.717) is 20.9 Å².